The number of carbonyl (C=O) groups excluding carboxylic acids is 1. The van der Waals surface area contributed by atoms with Crippen molar-refractivity contribution in [1.29, 1.82) is 0 Å². The molecule has 2 rings (SSSR count). The maximum atomic E-state index is 12.3. The molecule has 0 radical (unpaired) electrons. The molecule has 1 amide bonds. The number of hydrogen-bond donors (Lipinski definition) is 1. The molecule has 4 nitrogen and oxygen atoms in total. The molecule has 0 aliphatic rings. The van der Waals surface area contributed by atoms with Gasteiger partial charge in [-0.2, -0.15) is 0 Å². The van der Waals surface area contributed by atoms with Gasteiger partial charge in [0.15, 0.2) is 6.10 Å². The second-order valence-corrected chi connectivity index (χ2v) is 6.52. The third-order valence-electron chi connectivity index (χ3n) is 3.82. The first-order chi connectivity index (χ1) is 12.5. The molecule has 0 aliphatic heterocycles. The van der Waals surface area contributed by atoms with Gasteiger partial charge in [0.2, 0.25) is 0 Å². The molecular formula is C20H22F3NO3. The maximum absolute atomic E-state index is 12.3. The summed E-state index contributed by atoms with van der Waals surface area (Å²) in [5, 5.41) is 2.61. The Morgan fingerprint density at radius 2 is 1.67 bits per heavy atom. The van der Waals surface area contributed by atoms with Crippen LogP contribution in [0.4, 0.5) is 18.9 Å². The van der Waals surface area contributed by atoms with Crippen molar-refractivity contribution in [3.8, 4) is 11.5 Å². The van der Waals surface area contributed by atoms with E-state index in [0.29, 0.717) is 11.4 Å². The fraction of sp³-hybridized carbons (Fsp3) is 0.350. The first-order valence-corrected chi connectivity index (χ1v) is 8.49. The van der Waals surface area contributed by atoms with Gasteiger partial charge in [0, 0.05) is 5.69 Å². The Hall–Kier alpha value is -2.70. The number of rotatable bonds is 6. The average molecular weight is 381 g/mol. The van der Waals surface area contributed by atoms with Crippen LogP contribution in [0.25, 0.3) is 0 Å². The average Bonchev–Trinajstić information content (AvgIpc) is 2.55. The SMILES string of the molecule is Cc1ccc(C(C)C)c(O[C@@H](C)C(=O)Nc2ccc(OC(F)(F)F)cc2)c1. The van der Waals surface area contributed by atoms with Gasteiger partial charge in [-0.15, -0.1) is 13.2 Å². The molecular weight excluding hydrogens is 359 g/mol. The molecule has 0 aliphatic carbocycles. The Bertz CT molecular complexity index is 786. The fourth-order valence-corrected chi connectivity index (χ4v) is 2.45. The number of hydrogen-bond acceptors (Lipinski definition) is 3. The zero-order valence-corrected chi connectivity index (χ0v) is 15.6. The van der Waals surface area contributed by atoms with Crippen molar-refractivity contribution in [1.82, 2.24) is 0 Å². The standard InChI is InChI=1S/C20H22F3NO3/c1-12(2)17-10-5-13(3)11-18(17)26-14(4)19(25)24-15-6-8-16(9-7-15)27-20(21,22)23/h5-12,14H,1-4H3,(H,24,25)/t14-/m0/s1. The van der Waals surface area contributed by atoms with Crippen molar-refractivity contribution < 1.29 is 27.4 Å². The van der Waals surface area contributed by atoms with Gasteiger partial charge in [0.25, 0.3) is 5.91 Å². The lowest BCUT2D eigenvalue weighted by molar-refractivity contribution is -0.274. The highest BCUT2D eigenvalue weighted by molar-refractivity contribution is 5.94. The summed E-state index contributed by atoms with van der Waals surface area (Å²) in [6.07, 6.45) is -5.54. The lowest BCUT2D eigenvalue weighted by Crippen LogP contribution is -2.30. The molecule has 146 valence electrons. The predicted molar refractivity (Wildman–Crippen MR) is 97.1 cm³/mol. The topological polar surface area (TPSA) is 47.6 Å². The number of carbonyl (C=O) groups is 1. The van der Waals surface area contributed by atoms with Crippen molar-refractivity contribution in [3.05, 3.63) is 53.6 Å². The van der Waals surface area contributed by atoms with Crippen LogP contribution in [-0.4, -0.2) is 18.4 Å². The third kappa shape index (κ3) is 6.20. The van der Waals surface area contributed by atoms with Gasteiger partial charge in [0.05, 0.1) is 0 Å². The highest BCUT2D eigenvalue weighted by atomic mass is 19.4. The molecule has 0 aromatic heterocycles. The van der Waals surface area contributed by atoms with Crippen molar-refractivity contribution >= 4 is 11.6 Å². The van der Waals surface area contributed by atoms with Gasteiger partial charge in [-0.25, -0.2) is 0 Å². The summed E-state index contributed by atoms with van der Waals surface area (Å²) in [7, 11) is 0. The molecule has 2 aromatic carbocycles. The zero-order chi connectivity index (χ0) is 20.2. The summed E-state index contributed by atoms with van der Waals surface area (Å²) in [6.45, 7) is 7.62. The molecule has 1 N–H and O–H groups in total. The van der Waals surface area contributed by atoms with Crippen molar-refractivity contribution in [2.45, 2.75) is 46.1 Å². The Balaban J connectivity index is 2.03. The van der Waals surface area contributed by atoms with E-state index < -0.39 is 18.4 Å². The van der Waals surface area contributed by atoms with Crippen LogP contribution >= 0.6 is 0 Å². The Morgan fingerprint density at radius 3 is 2.22 bits per heavy atom. The molecule has 0 saturated heterocycles. The van der Waals surface area contributed by atoms with Gasteiger partial charge in [-0.3, -0.25) is 4.79 Å². The number of benzene rings is 2. The molecule has 0 saturated carbocycles. The van der Waals surface area contributed by atoms with Crippen molar-refractivity contribution in [2.24, 2.45) is 0 Å². The highest BCUT2D eigenvalue weighted by Gasteiger charge is 2.31. The number of nitrogens with one attached hydrogen (secondary N) is 1. The summed E-state index contributed by atoms with van der Waals surface area (Å²) in [6, 6.07) is 10.8. The molecule has 27 heavy (non-hydrogen) atoms. The quantitative estimate of drug-likeness (QED) is 0.726. The van der Waals surface area contributed by atoms with Gasteiger partial charge >= 0.3 is 6.36 Å². The number of amides is 1. The van der Waals surface area contributed by atoms with Gasteiger partial charge in [-0.1, -0.05) is 26.0 Å². The number of aryl methyl sites for hydroxylation is 1. The van der Waals surface area contributed by atoms with E-state index in [9.17, 15) is 18.0 Å². The second kappa shape index (κ2) is 8.33. The van der Waals surface area contributed by atoms with Crippen LogP contribution in [0.3, 0.4) is 0 Å². The van der Waals surface area contributed by atoms with Gasteiger partial charge < -0.3 is 14.8 Å². The fourth-order valence-electron chi connectivity index (χ4n) is 2.45. The Kier molecular flexibility index (Phi) is 6.36. The summed E-state index contributed by atoms with van der Waals surface area (Å²) >= 11 is 0. The monoisotopic (exact) mass is 381 g/mol. The Labute approximate surface area is 156 Å². The largest absolute Gasteiger partial charge is 0.573 e. The van der Waals surface area contributed by atoms with Crippen LogP contribution in [0, 0.1) is 6.92 Å². The number of alkyl halides is 3. The van der Waals surface area contributed by atoms with Gasteiger partial charge in [0.1, 0.15) is 11.5 Å². The second-order valence-electron chi connectivity index (χ2n) is 6.52. The first-order valence-electron chi connectivity index (χ1n) is 8.49. The maximum Gasteiger partial charge on any atom is 0.573 e. The smallest absolute Gasteiger partial charge is 0.481 e. The summed E-state index contributed by atoms with van der Waals surface area (Å²) in [4.78, 5) is 12.3. The summed E-state index contributed by atoms with van der Waals surface area (Å²) in [5.41, 5.74) is 2.36. The van der Waals surface area contributed by atoms with E-state index in [1.165, 1.54) is 12.1 Å². The lowest BCUT2D eigenvalue weighted by Gasteiger charge is -2.19. The van der Waals surface area contributed by atoms with E-state index in [1.54, 1.807) is 6.92 Å². The van der Waals surface area contributed by atoms with Gasteiger partial charge in [-0.05, 0) is 61.2 Å². The number of anilines is 1. The van der Waals surface area contributed by atoms with Crippen LogP contribution in [0.5, 0.6) is 11.5 Å². The normalized spacial score (nSPS) is 12.6. The number of halogens is 3. The summed E-state index contributed by atoms with van der Waals surface area (Å²) < 4.78 is 46.1. The molecule has 2 aromatic rings. The lowest BCUT2D eigenvalue weighted by atomic mass is 10.0. The van der Waals surface area contributed by atoms with E-state index >= 15 is 0 Å². The minimum atomic E-state index is -4.75. The Morgan fingerprint density at radius 1 is 1.04 bits per heavy atom. The third-order valence-corrected chi connectivity index (χ3v) is 3.82. The van der Waals surface area contributed by atoms with Crippen LogP contribution < -0.4 is 14.8 Å². The molecule has 0 bridgehead atoms. The van der Waals surface area contributed by atoms with Crippen LogP contribution in [0.1, 0.15) is 37.8 Å². The molecule has 0 fully saturated rings. The first kappa shape index (κ1) is 20.6. The summed E-state index contributed by atoms with van der Waals surface area (Å²) in [5.74, 6) is 0.112. The van der Waals surface area contributed by atoms with E-state index in [0.717, 1.165) is 23.3 Å². The van der Waals surface area contributed by atoms with E-state index in [1.807, 2.05) is 39.0 Å². The van der Waals surface area contributed by atoms with Crippen LogP contribution in [0.2, 0.25) is 0 Å². The minimum Gasteiger partial charge on any atom is -0.481 e. The van der Waals surface area contributed by atoms with Crippen LogP contribution in [-0.2, 0) is 4.79 Å². The van der Waals surface area contributed by atoms with Crippen molar-refractivity contribution in [3.63, 3.8) is 0 Å². The highest BCUT2D eigenvalue weighted by Crippen LogP contribution is 2.29. The van der Waals surface area contributed by atoms with E-state index in [4.69, 9.17) is 4.74 Å². The number of ether oxygens (including phenoxy) is 2. The van der Waals surface area contributed by atoms with E-state index in [-0.39, 0.29) is 11.7 Å². The minimum absolute atomic E-state index is 0.233. The van der Waals surface area contributed by atoms with Crippen LogP contribution in [0.15, 0.2) is 42.5 Å². The zero-order valence-electron chi connectivity index (χ0n) is 15.6. The molecule has 0 heterocycles. The molecule has 0 spiro atoms. The molecule has 1 atom stereocenters. The van der Waals surface area contributed by atoms with E-state index in [2.05, 4.69) is 10.1 Å². The molecule has 7 heteroatoms. The predicted octanol–water partition coefficient (Wildman–Crippen LogP) is 5.42. The molecule has 0 unspecified atom stereocenters. The van der Waals surface area contributed by atoms with Crippen molar-refractivity contribution in [2.75, 3.05) is 5.32 Å².